The fourth-order valence-corrected chi connectivity index (χ4v) is 6.60. The summed E-state index contributed by atoms with van der Waals surface area (Å²) in [6, 6.07) is 12.7. The lowest BCUT2D eigenvalue weighted by atomic mass is 9.89. The quantitative estimate of drug-likeness (QED) is 0.626. The molecule has 1 heterocycles. The van der Waals surface area contributed by atoms with Crippen molar-refractivity contribution < 1.29 is 22.7 Å². The van der Waals surface area contributed by atoms with Crippen LogP contribution in [-0.4, -0.2) is 35.1 Å². The van der Waals surface area contributed by atoms with Gasteiger partial charge in [-0.05, 0) is 42.9 Å². The largest absolute Gasteiger partial charge is 0.493 e. The van der Waals surface area contributed by atoms with Crippen molar-refractivity contribution in [1.82, 2.24) is 5.32 Å². The first-order chi connectivity index (χ1) is 16.4. The summed E-state index contributed by atoms with van der Waals surface area (Å²) in [6.45, 7) is 2.26. The molecule has 0 radical (unpaired) electrons. The predicted octanol–water partition coefficient (Wildman–Crippen LogP) is 4.48. The molecule has 1 aliphatic heterocycles. The number of hydrogen-bond acceptors (Lipinski definition) is 5. The van der Waals surface area contributed by atoms with E-state index in [9.17, 15) is 13.2 Å². The third-order valence-corrected chi connectivity index (χ3v) is 8.63. The maximum Gasteiger partial charge on any atom is 0.270 e. The summed E-state index contributed by atoms with van der Waals surface area (Å²) in [4.78, 5) is 13.1. The molecular formula is C26H32N2O5S. The zero-order valence-electron chi connectivity index (χ0n) is 20.0. The Morgan fingerprint density at radius 1 is 1.03 bits per heavy atom. The van der Waals surface area contributed by atoms with Gasteiger partial charge in [0.2, 0.25) is 0 Å². The van der Waals surface area contributed by atoms with Crippen molar-refractivity contribution >= 4 is 27.2 Å². The topological polar surface area (TPSA) is 84.9 Å². The number of methoxy groups -OCH3 is 2. The summed E-state index contributed by atoms with van der Waals surface area (Å²) in [5, 5.41) is 2.92. The summed E-state index contributed by atoms with van der Waals surface area (Å²) in [6.07, 6.45) is 5.65. The molecule has 1 aliphatic carbocycles. The minimum atomic E-state index is -4.12. The van der Waals surface area contributed by atoms with E-state index in [2.05, 4.69) is 5.32 Å². The zero-order valence-corrected chi connectivity index (χ0v) is 20.8. The molecule has 7 nitrogen and oxygen atoms in total. The van der Waals surface area contributed by atoms with Gasteiger partial charge in [-0.15, -0.1) is 0 Å². The number of fused-ring (bicyclic) bond motifs is 1. The van der Waals surface area contributed by atoms with Crippen molar-refractivity contribution in [2.45, 2.75) is 45.6 Å². The van der Waals surface area contributed by atoms with Crippen molar-refractivity contribution in [3.05, 3.63) is 58.5 Å². The second-order valence-corrected chi connectivity index (χ2v) is 10.7. The minimum absolute atomic E-state index is 0.0956. The number of amides is 1. The number of rotatable bonds is 7. The van der Waals surface area contributed by atoms with Gasteiger partial charge >= 0.3 is 0 Å². The molecule has 1 fully saturated rings. The van der Waals surface area contributed by atoms with Crippen LogP contribution in [0, 0.1) is 5.92 Å². The molecule has 2 aromatic rings. The van der Waals surface area contributed by atoms with Crippen LogP contribution in [0.1, 0.15) is 50.2 Å². The normalized spacial score (nSPS) is 17.8. The lowest BCUT2D eigenvalue weighted by molar-refractivity contribution is -0.117. The Bertz CT molecular complexity index is 1190. The van der Waals surface area contributed by atoms with Crippen LogP contribution in [0.2, 0.25) is 0 Å². The Hall–Kier alpha value is -3.00. The second kappa shape index (κ2) is 10.1. The van der Waals surface area contributed by atoms with Crippen LogP contribution >= 0.6 is 0 Å². The predicted molar refractivity (Wildman–Crippen MR) is 133 cm³/mol. The second-order valence-electron chi connectivity index (χ2n) is 8.89. The van der Waals surface area contributed by atoms with Crippen LogP contribution in [-0.2, 0) is 21.4 Å². The highest BCUT2D eigenvalue weighted by atomic mass is 32.2. The first-order valence-corrected chi connectivity index (χ1v) is 13.1. The lowest BCUT2D eigenvalue weighted by Crippen LogP contribution is -2.42. The molecule has 0 bridgehead atoms. The van der Waals surface area contributed by atoms with Crippen LogP contribution in [0.4, 0.5) is 5.69 Å². The smallest absolute Gasteiger partial charge is 0.270 e. The van der Waals surface area contributed by atoms with Crippen molar-refractivity contribution in [2.24, 2.45) is 5.92 Å². The number of hydrogen-bond donors (Lipinski definition) is 1. The van der Waals surface area contributed by atoms with Crippen LogP contribution in [0.15, 0.2) is 47.4 Å². The highest BCUT2D eigenvalue weighted by Gasteiger charge is 2.40. The molecule has 0 saturated heterocycles. The first kappa shape index (κ1) is 24.1. The van der Waals surface area contributed by atoms with Gasteiger partial charge in [-0.3, -0.25) is 9.10 Å². The van der Waals surface area contributed by atoms with Crippen molar-refractivity contribution in [2.75, 3.05) is 25.1 Å². The SMILES string of the molecule is COc1cc2c(cc1OC)N(Cc1ccccc1)S(=O)(=O)C(C(=O)NCC1CCCCC1)=C2C. The van der Waals surface area contributed by atoms with E-state index in [0.29, 0.717) is 40.8 Å². The fourth-order valence-electron chi connectivity index (χ4n) is 4.85. The van der Waals surface area contributed by atoms with E-state index in [-0.39, 0.29) is 11.4 Å². The average molecular weight is 485 g/mol. The maximum absolute atomic E-state index is 13.9. The first-order valence-electron chi connectivity index (χ1n) is 11.7. The van der Waals surface area contributed by atoms with Gasteiger partial charge in [-0.2, -0.15) is 0 Å². The summed E-state index contributed by atoms with van der Waals surface area (Å²) >= 11 is 0. The Morgan fingerprint density at radius 2 is 1.68 bits per heavy atom. The molecule has 2 aromatic carbocycles. The number of carbonyl (C=O) groups is 1. The van der Waals surface area contributed by atoms with Gasteiger partial charge in [-0.25, -0.2) is 8.42 Å². The van der Waals surface area contributed by atoms with E-state index < -0.39 is 15.9 Å². The summed E-state index contributed by atoms with van der Waals surface area (Å²) < 4.78 is 39.9. The van der Waals surface area contributed by atoms with Crippen molar-refractivity contribution in [3.63, 3.8) is 0 Å². The molecule has 1 amide bonds. The van der Waals surface area contributed by atoms with Gasteiger partial charge in [0.05, 0.1) is 26.5 Å². The maximum atomic E-state index is 13.9. The van der Waals surface area contributed by atoms with Gasteiger partial charge in [0.1, 0.15) is 0 Å². The number of sulfonamides is 1. The van der Waals surface area contributed by atoms with Crippen LogP contribution in [0.5, 0.6) is 11.5 Å². The highest BCUT2D eigenvalue weighted by Crippen LogP contribution is 2.45. The zero-order chi connectivity index (χ0) is 24.3. The van der Waals surface area contributed by atoms with E-state index in [0.717, 1.165) is 31.2 Å². The number of allylic oxidation sites excluding steroid dienone is 1. The summed E-state index contributed by atoms with van der Waals surface area (Å²) in [5.74, 6) is 0.734. The molecule has 0 atom stereocenters. The van der Waals surface area contributed by atoms with E-state index in [1.54, 1.807) is 19.1 Å². The molecule has 4 rings (SSSR count). The van der Waals surface area contributed by atoms with Gasteiger partial charge in [0, 0.05) is 18.2 Å². The van der Waals surface area contributed by atoms with Crippen LogP contribution in [0.25, 0.3) is 5.57 Å². The molecule has 2 aliphatic rings. The number of ether oxygens (including phenoxy) is 2. The Labute approximate surface area is 201 Å². The van der Waals surface area contributed by atoms with Gasteiger partial charge in [0.25, 0.3) is 15.9 Å². The molecule has 1 saturated carbocycles. The molecular weight excluding hydrogens is 452 g/mol. The van der Waals surface area contributed by atoms with Crippen molar-refractivity contribution in [1.29, 1.82) is 0 Å². The molecule has 34 heavy (non-hydrogen) atoms. The number of nitrogens with zero attached hydrogens (tertiary/aromatic N) is 1. The minimum Gasteiger partial charge on any atom is -0.493 e. The molecule has 182 valence electrons. The third-order valence-electron chi connectivity index (χ3n) is 6.71. The summed E-state index contributed by atoms with van der Waals surface area (Å²) in [7, 11) is -1.08. The highest BCUT2D eigenvalue weighted by molar-refractivity contribution is 7.97. The van der Waals surface area contributed by atoms with E-state index in [4.69, 9.17) is 9.47 Å². The van der Waals surface area contributed by atoms with E-state index in [1.807, 2.05) is 30.3 Å². The van der Waals surface area contributed by atoms with Crippen LogP contribution in [0.3, 0.4) is 0 Å². The van der Waals surface area contributed by atoms with Gasteiger partial charge in [-0.1, -0.05) is 49.6 Å². The van der Waals surface area contributed by atoms with Crippen molar-refractivity contribution in [3.8, 4) is 11.5 Å². The Kier molecular flexibility index (Phi) is 7.16. The number of anilines is 1. The Morgan fingerprint density at radius 3 is 2.32 bits per heavy atom. The average Bonchev–Trinajstić information content (AvgIpc) is 2.85. The molecule has 0 aromatic heterocycles. The standard InChI is InChI=1S/C26H32N2O5S/c1-18-21-14-23(32-2)24(33-3)15-22(21)28(17-20-12-8-5-9-13-20)34(30,31)25(18)26(29)27-16-19-10-6-4-7-11-19/h5,8-9,12-15,19H,4,6-7,10-11,16-17H2,1-3H3,(H,27,29). The molecule has 1 N–H and O–H groups in total. The Balaban J connectivity index is 1.77. The molecule has 8 heteroatoms. The lowest BCUT2D eigenvalue weighted by Gasteiger charge is -2.33. The van der Waals surface area contributed by atoms with E-state index in [1.165, 1.54) is 24.9 Å². The van der Waals surface area contributed by atoms with E-state index >= 15 is 0 Å². The van der Waals surface area contributed by atoms with Gasteiger partial charge < -0.3 is 14.8 Å². The third kappa shape index (κ3) is 4.64. The fraction of sp³-hybridized carbons (Fsp3) is 0.423. The number of carbonyl (C=O) groups excluding carboxylic acids is 1. The molecule has 0 spiro atoms. The van der Waals surface area contributed by atoms with Gasteiger partial charge in [0.15, 0.2) is 16.4 Å². The monoisotopic (exact) mass is 484 g/mol. The number of nitrogens with one attached hydrogen (secondary N) is 1. The number of benzene rings is 2. The molecule has 0 unspecified atom stereocenters. The summed E-state index contributed by atoms with van der Waals surface area (Å²) in [5.41, 5.74) is 2.31. The van der Waals surface area contributed by atoms with Crippen LogP contribution < -0.4 is 19.1 Å².